The van der Waals surface area contributed by atoms with Gasteiger partial charge in [0.15, 0.2) is 12.8 Å². The Balaban J connectivity index is 2.24. The fourth-order valence-corrected chi connectivity index (χ4v) is 1.83. The molecule has 0 aliphatic heterocycles. The monoisotopic (exact) mass is 227 g/mol. The molecule has 0 aromatic heterocycles. The minimum absolute atomic E-state index is 0.573. The molecule has 0 saturated heterocycles. The summed E-state index contributed by atoms with van der Waals surface area (Å²) in [5.41, 5.74) is 0.967. The summed E-state index contributed by atoms with van der Waals surface area (Å²) in [5.74, 6) is 0. The fourth-order valence-electron chi connectivity index (χ4n) is 1.83. The normalized spacial score (nSPS) is 11.9. The second-order valence-electron chi connectivity index (χ2n) is 4.23. The maximum absolute atomic E-state index is 11.6. The molecule has 88 valence electrons. The van der Waals surface area contributed by atoms with Gasteiger partial charge in [0.05, 0.1) is 0 Å². The third kappa shape index (κ3) is 3.06. The lowest BCUT2D eigenvalue weighted by Crippen LogP contribution is -2.07. The molecule has 17 heavy (non-hydrogen) atoms. The molecule has 0 saturated carbocycles. The van der Waals surface area contributed by atoms with Gasteiger partial charge in [-0.3, -0.25) is 0 Å². The van der Waals surface area contributed by atoms with Crippen molar-refractivity contribution < 1.29 is 4.74 Å². The van der Waals surface area contributed by atoms with Gasteiger partial charge in [0.2, 0.25) is 0 Å². The third-order valence-corrected chi connectivity index (χ3v) is 2.80. The molecule has 2 aromatic rings. The van der Waals surface area contributed by atoms with Crippen molar-refractivity contribution in [3.8, 4) is 0 Å². The van der Waals surface area contributed by atoms with Crippen LogP contribution >= 0.6 is 0 Å². The quantitative estimate of drug-likeness (QED) is 0.339. The minimum Gasteiger partial charge on any atom is -0.624 e. The summed E-state index contributed by atoms with van der Waals surface area (Å²) in [6.45, 7) is 2.66. The van der Waals surface area contributed by atoms with Crippen molar-refractivity contribution >= 4 is 17.0 Å². The van der Waals surface area contributed by atoms with Crippen molar-refractivity contribution in [1.82, 2.24) is 0 Å². The molecule has 0 aliphatic rings. The molecular formula is C15H17NO. The van der Waals surface area contributed by atoms with Crippen LogP contribution in [-0.4, -0.2) is 17.5 Å². The molecule has 2 aromatic carbocycles. The molecular weight excluding hydrogens is 210 g/mol. The van der Waals surface area contributed by atoms with Crippen molar-refractivity contribution in [2.75, 3.05) is 6.54 Å². The average molecular weight is 227 g/mol. The maximum atomic E-state index is 11.6. The molecule has 0 spiro atoms. The Bertz CT molecular complexity index is 531. The molecule has 0 bridgehead atoms. The summed E-state index contributed by atoms with van der Waals surface area (Å²) in [5, 5.41) is 13.9. The first-order valence-corrected chi connectivity index (χ1v) is 6.07. The van der Waals surface area contributed by atoms with Crippen LogP contribution in [-0.2, 0) is 0 Å². The van der Waals surface area contributed by atoms with Crippen LogP contribution in [0.1, 0.15) is 25.3 Å². The first-order chi connectivity index (χ1) is 8.29. The van der Waals surface area contributed by atoms with Crippen LogP contribution in [0.3, 0.4) is 0 Å². The van der Waals surface area contributed by atoms with E-state index in [-0.39, 0.29) is 0 Å². The van der Waals surface area contributed by atoms with Crippen molar-refractivity contribution in [2.24, 2.45) is 0 Å². The van der Waals surface area contributed by atoms with Crippen LogP contribution < -0.4 is 0 Å². The topological polar surface area (TPSA) is 26.1 Å². The second kappa shape index (κ2) is 5.48. The van der Waals surface area contributed by atoms with E-state index in [9.17, 15) is 5.21 Å². The Morgan fingerprint density at radius 3 is 2.65 bits per heavy atom. The Morgan fingerprint density at radius 2 is 1.88 bits per heavy atom. The molecule has 0 amide bonds. The number of benzene rings is 2. The minimum atomic E-state index is 0.573. The second-order valence-corrected chi connectivity index (χ2v) is 4.23. The van der Waals surface area contributed by atoms with E-state index in [4.69, 9.17) is 0 Å². The third-order valence-electron chi connectivity index (χ3n) is 2.80. The van der Waals surface area contributed by atoms with Gasteiger partial charge in [0, 0.05) is 12.0 Å². The highest BCUT2D eigenvalue weighted by Gasteiger charge is 1.98. The summed E-state index contributed by atoms with van der Waals surface area (Å²) in [7, 11) is 0. The molecule has 0 fully saturated rings. The van der Waals surface area contributed by atoms with Gasteiger partial charge in [-0.1, -0.05) is 43.7 Å². The van der Waals surface area contributed by atoms with Crippen LogP contribution in [0.15, 0.2) is 42.5 Å². The summed E-state index contributed by atoms with van der Waals surface area (Å²) in [6, 6.07) is 14.3. The molecule has 0 atom stereocenters. The zero-order valence-corrected chi connectivity index (χ0v) is 10.1. The van der Waals surface area contributed by atoms with Crippen molar-refractivity contribution in [3.63, 3.8) is 0 Å². The number of unbranched alkanes of at least 4 members (excludes halogenated alkanes) is 1. The fraction of sp³-hybridized carbons (Fsp3) is 0.267. The van der Waals surface area contributed by atoms with Gasteiger partial charge in [-0.2, -0.15) is 0 Å². The molecule has 2 rings (SSSR count). The lowest BCUT2D eigenvalue weighted by molar-refractivity contribution is -0.452. The molecule has 0 radical (unpaired) electrons. The zero-order chi connectivity index (χ0) is 12.1. The Hall–Kier alpha value is -1.83. The van der Waals surface area contributed by atoms with Crippen LogP contribution in [0.4, 0.5) is 0 Å². The zero-order valence-electron chi connectivity index (χ0n) is 10.1. The van der Waals surface area contributed by atoms with Gasteiger partial charge >= 0.3 is 0 Å². The highest BCUT2D eigenvalue weighted by Crippen LogP contribution is 2.14. The van der Waals surface area contributed by atoms with E-state index >= 15 is 0 Å². The molecule has 0 N–H and O–H groups in total. The van der Waals surface area contributed by atoms with E-state index in [0.717, 1.165) is 23.1 Å². The van der Waals surface area contributed by atoms with Crippen LogP contribution in [0.5, 0.6) is 0 Å². The first-order valence-electron chi connectivity index (χ1n) is 6.07. The smallest absolute Gasteiger partial charge is 0.181 e. The number of hydrogen-bond acceptors (Lipinski definition) is 1. The first kappa shape index (κ1) is 11.6. The lowest BCUT2D eigenvalue weighted by Gasteiger charge is -2.03. The Kier molecular flexibility index (Phi) is 3.76. The standard InChI is InChI=1S/C15H17NO/c1-2-3-10-16(17)12-13-8-9-14-6-4-5-7-15(14)11-13/h4-9,11-12H,2-3,10H2,1H3/b16-12-. The van der Waals surface area contributed by atoms with E-state index in [2.05, 4.69) is 25.1 Å². The van der Waals surface area contributed by atoms with Gasteiger partial charge in [-0.25, -0.2) is 4.74 Å². The van der Waals surface area contributed by atoms with E-state index in [1.165, 1.54) is 10.8 Å². The Morgan fingerprint density at radius 1 is 1.12 bits per heavy atom. The number of hydroxylamine groups is 1. The molecule has 0 heterocycles. The number of rotatable bonds is 4. The number of nitrogens with zero attached hydrogens (tertiary/aromatic N) is 1. The van der Waals surface area contributed by atoms with E-state index in [1.54, 1.807) is 6.21 Å². The largest absolute Gasteiger partial charge is 0.624 e. The van der Waals surface area contributed by atoms with Crippen molar-refractivity contribution in [1.29, 1.82) is 0 Å². The van der Waals surface area contributed by atoms with Crippen LogP contribution in [0, 0.1) is 5.21 Å². The van der Waals surface area contributed by atoms with Gasteiger partial charge in [0.25, 0.3) is 0 Å². The van der Waals surface area contributed by atoms with E-state index in [1.807, 2.05) is 24.3 Å². The predicted molar refractivity (Wildman–Crippen MR) is 72.5 cm³/mol. The number of hydrogen-bond donors (Lipinski definition) is 0. The average Bonchev–Trinajstić information content (AvgIpc) is 2.36. The van der Waals surface area contributed by atoms with E-state index < -0.39 is 0 Å². The van der Waals surface area contributed by atoms with E-state index in [0.29, 0.717) is 6.54 Å². The lowest BCUT2D eigenvalue weighted by atomic mass is 10.1. The van der Waals surface area contributed by atoms with Gasteiger partial charge in [-0.15, -0.1) is 0 Å². The SMILES string of the molecule is CCCC/[N+]([O-])=C/c1ccc2ccccc2c1. The highest BCUT2D eigenvalue weighted by atomic mass is 16.5. The van der Waals surface area contributed by atoms with Crippen LogP contribution in [0.2, 0.25) is 0 Å². The summed E-state index contributed by atoms with van der Waals surface area (Å²) in [6.07, 6.45) is 3.65. The predicted octanol–water partition coefficient (Wildman–Crippen LogP) is 3.57. The Labute approximate surface area is 102 Å². The summed E-state index contributed by atoms with van der Waals surface area (Å²) < 4.78 is 1.02. The maximum Gasteiger partial charge on any atom is 0.181 e. The molecule has 2 nitrogen and oxygen atoms in total. The van der Waals surface area contributed by atoms with Crippen LogP contribution in [0.25, 0.3) is 10.8 Å². The number of fused-ring (bicyclic) bond motifs is 1. The molecule has 0 aliphatic carbocycles. The van der Waals surface area contributed by atoms with Gasteiger partial charge in [0.1, 0.15) is 0 Å². The van der Waals surface area contributed by atoms with Gasteiger partial charge < -0.3 is 5.21 Å². The molecule has 2 heteroatoms. The summed E-state index contributed by atoms with van der Waals surface area (Å²) in [4.78, 5) is 0. The van der Waals surface area contributed by atoms with Gasteiger partial charge in [-0.05, 0) is 22.9 Å². The summed E-state index contributed by atoms with van der Waals surface area (Å²) >= 11 is 0. The van der Waals surface area contributed by atoms with Crippen molar-refractivity contribution in [2.45, 2.75) is 19.8 Å². The van der Waals surface area contributed by atoms with Crippen molar-refractivity contribution in [3.05, 3.63) is 53.2 Å². The highest BCUT2D eigenvalue weighted by molar-refractivity contribution is 5.89. The molecule has 0 unspecified atom stereocenters.